The maximum atomic E-state index is 7.18. The highest BCUT2D eigenvalue weighted by Gasteiger charge is 2.28. The lowest BCUT2D eigenvalue weighted by molar-refractivity contribution is 0.632. The van der Waals surface area contributed by atoms with Crippen molar-refractivity contribution in [2.45, 2.75) is 0 Å². The second kappa shape index (κ2) is 32.5. The number of rotatable bonds is 16. The molecule has 0 unspecified atom stereocenters. The van der Waals surface area contributed by atoms with Gasteiger partial charge in [0.25, 0.3) is 0 Å². The summed E-state index contributed by atoms with van der Waals surface area (Å²) < 4.78 is 14.3. The highest BCUT2D eigenvalue weighted by Crippen LogP contribution is 2.50. The largest absolute Gasteiger partial charge is 0.453 e. The van der Waals surface area contributed by atoms with Gasteiger partial charge in [-0.1, -0.05) is 400 Å². The highest BCUT2D eigenvalue weighted by molar-refractivity contribution is 6.20. The minimum atomic E-state index is 0.608. The normalized spacial score (nSPS) is 11.3. The summed E-state index contributed by atoms with van der Waals surface area (Å²) in [6.07, 6.45) is 0. The van der Waals surface area contributed by atoms with Crippen LogP contribution in [0.15, 0.2) is 446 Å². The van der Waals surface area contributed by atoms with Gasteiger partial charge in [0.2, 0.25) is 0 Å². The number of aromatic nitrogens is 8. The lowest BCUT2D eigenvalue weighted by atomic mass is 9.92. The van der Waals surface area contributed by atoms with E-state index in [2.05, 4.69) is 267 Å². The lowest BCUT2D eigenvalue weighted by Crippen LogP contribution is -2.00. The second-order valence-electron chi connectivity index (χ2n) is 30.0. The topological polar surface area (TPSA) is 129 Å². The van der Waals surface area contributed by atoms with Gasteiger partial charge >= 0.3 is 0 Å². The highest BCUT2D eigenvalue weighted by atomic mass is 16.3. The Morgan fingerprint density at radius 2 is 0.369 bits per heavy atom. The van der Waals surface area contributed by atoms with Gasteiger partial charge in [-0.05, 0) is 92.0 Å². The van der Waals surface area contributed by atoms with E-state index in [9.17, 15) is 0 Å². The number of nitrogens with zero attached hydrogens (tertiary/aromatic N) is 8. The molecule has 22 aromatic rings. The van der Waals surface area contributed by atoms with E-state index in [0.717, 1.165) is 189 Å². The van der Waals surface area contributed by atoms with E-state index < -0.39 is 0 Å². The number of fused-ring (bicyclic) bond motifs is 6. The monoisotopic (exact) mass is 1560 g/mol. The number of para-hydroxylation sites is 2. The zero-order valence-electron chi connectivity index (χ0n) is 66.0. The van der Waals surface area contributed by atoms with Crippen LogP contribution in [0.1, 0.15) is 0 Å². The molecule has 0 amide bonds. The summed E-state index contributed by atoms with van der Waals surface area (Å²) in [6.45, 7) is 0. The smallest absolute Gasteiger partial charge is 0.164 e. The zero-order valence-corrected chi connectivity index (χ0v) is 66.0. The summed E-state index contributed by atoms with van der Waals surface area (Å²) >= 11 is 0. The van der Waals surface area contributed by atoms with E-state index in [0.29, 0.717) is 34.9 Å². The van der Waals surface area contributed by atoms with Gasteiger partial charge < -0.3 is 8.83 Å². The third-order valence-electron chi connectivity index (χ3n) is 22.3. The zero-order chi connectivity index (χ0) is 81.1. The molecule has 0 spiro atoms. The van der Waals surface area contributed by atoms with E-state index in [1.165, 1.54) is 0 Å². The van der Waals surface area contributed by atoms with Crippen LogP contribution in [-0.2, 0) is 0 Å². The van der Waals surface area contributed by atoms with E-state index in [1.807, 2.05) is 170 Å². The predicted octanol–water partition coefficient (Wildman–Crippen LogP) is 29.0. The minimum Gasteiger partial charge on any atom is -0.453 e. The number of furan rings is 2. The third kappa shape index (κ3) is 14.5. The average Bonchev–Trinajstić information content (AvgIpc) is 1.57. The molecule has 0 N–H and O–H groups in total. The van der Waals surface area contributed by atoms with Crippen molar-refractivity contribution in [2.24, 2.45) is 0 Å². The Bertz CT molecular complexity index is 7450. The standard InChI is InChI=1S/2C56H36N4O/c1-5-18-37(19-6-1)41-26-15-29-44(34-41)49-50-47-32-13-14-33-48(47)57-51(38-20-7-2-8-21-38)53(50)61-52(49)45-30-16-27-42(35-45)43-28-17-31-46(36-43)56-59-54(39-22-9-3-10-23-39)58-55(60-56)40-24-11-4-12-25-40;1-5-16-37(17-6-1)45-24-15-25-46(36-45)49-50-47-26-13-14-27-48(47)57-51(40-18-7-2-8-19-40)53(50)61-52(49)41-32-28-38(29-33-41)39-30-34-44(35-31-39)56-59-54(42-20-9-3-10-21-42)58-55(60-56)43-22-11-4-12-23-43/h2*1-36H. The van der Waals surface area contributed by atoms with Crippen LogP contribution in [0.4, 0.5) is 0 Å². The summed E-state index contributed by atoms with van der Waals surface area (Å²) in [5.41, 5.74) is 27.5. The molecule has 0 atom stereocenters. The molecule has 122 heavy (non-hydrogen) atoms. The van der Waals surface area contributed by atoms with Gasteiger partial charge in [-0.15, -0.1) is 0 Å². The molecular formula is C112H72N8O2. The maximum absolute atomic E-state index is 7.18. The molecule has 0 saturated carbocycles. The second-order valence-corrected chi connectivity index (χ2v) is 30.0. The summed E-state index contributed by atoms with van der Waals surface area (Å²) in [6, 6.07) is 150. The average molecular weight is 1560 g/mol. The first-order chi connectivity index (χ1) is 60.5. The van der Waals surface area contributed by atoms with Crippen LogP contribution in [0.25, 0.3) is 224 Å². The summed E-state index contributed by atoms with van der Waals surface area (Å²) in [5, 5.41) is 4.18. The fraction of sp³-hybridized carbons (Fsp3) is 0. The molecule has 0 aliphatic rings. The lowest BCUT2D eigenvalue weighted by Gasteiger charge is -2.11. The quantitative estimate of drug-likeness (QED) is 0.0922. The molecule has 6 heterocycles. The fourth-order valence-electron chi connectivity index (χ4n) is 16.3. The Labute approximate surface area is 704 Å². The molecule has 6 aromatic heterocycles. The Balaban J connectivity index is 0.000000150. The Morgan fingerprint density at radius 3 is 0.730 bits per heavy atom. The van der Waals surface area contributed by atoms with Gasteiger partial charge in [-0.3, -0.25) is 0 Å². The molecule has 0 radical (unpaired) electrons. The summed E-state index contributed by atoms with van der Waals surface area (Å²) in [7, 11) is 0. The van der Waals surface area contributed by atoms with Gasteiger partial charge in [-0.25, -0.2) is 39.9 Å². The summed E-state index contributed by atoms with van der Waals surface area (Å²) in [4.78, 5) is 40.1. The van der Waals surface area contributed by atoms with E-state index in [-0.39, 0.29) is 0 Å². The Morgan fingerprint density at radius 1 is 0.148 bits per heavy atom. The minimum absolute atomic E-state index is 0.608. The fourth-order valence-corrected chi connectivity index (χ4v) is 16.3. The maximum Gasteiger partial charge on any atom is 0.164 e. The van der Waals surface area contributed by atoms with E-state index in [4.69, 9.17) is 48.7 Å². The van der Waals surface area contributed by atoms with Crippen LogP contribution in [0.3, 0.4) is 0 Å². The van der Waals surface area contributed by atoms with E-state index in [1.54, 1.807) is 0 Å². The van der Waals surface area contributed by atoms with Crippen molar-refractivity contribution in [3.8, 4) is 180 Å². The molecular weight excluding hydrogens is 1490 g/mol. The van der Waals surface area contributed by atoms with Gasteiger partial charge in [0.15, 0.2) is 46.1 Å². The number of hydrogen-bond donors (Lipinski definition) is 0. The molecule has 22 rings (SSSR count). The molecule has 10 heteroatoms. The first kappa shape index (κ1) is 73.1. The first-order valence-corrected chi connectivity index (χ1v) is 40.8. The van der Waals surface area contributed by atoms with Crippen LogP contribution in [0.2, 0.25) is 0 Å². The van der Waals surface area contributed by atoms with Crippen molar-refractivity contribution in [2.75, 3.05) is 0 Å². The molecule has 572 valence electrons. The Hall–Kier alpha value is -16.6. The third-order valence-corrected chi connectivity index (χ3v) is 22.3. The van der Waals surface area contributed by atoms with E-state index >= 15 is 0 Å². The van der Waals surface area contributed by atoms with Crippen molar-refractivity contribution in [3.63, 3.8) is 0 Å². The molecule has 0 aliphatic carbocycles. The van der Waals surface area contributed by atoms with Gasteiger partial charge in [0, 0.05) is 88.3 Å². The van der Waals surface area contributed by atoms with Crippen molar-refractivity contribution in [3.05, 3.63) is 437 Å². The molecule has 10 nitrogen and oxygen atoms in total. The summed E-state index contributed by atoms with van der Waals surface area (Å²) in [5.74, 6) is 5.35. The SMILES string of the molecule is c1ccc(-c2cccc(-c3c(-c4ccc(-c5ccc(-c6nc(-c7ccccc7)nc(-c7ccccc7)n6)cc5)cc4)oc4c(-c5ccccc5)nc5ccccc5c34)c2)cc1.c1ccc(-c2cccc(-c3c(-c4cccc(-c5cccc(-c6nc(-c7ccccc7)nc(-c7ccccc7)n6)c5)c4)oc4c(-c5ccccc5)nc5ccccc5c34)c2)cc1. The van der Waals surface area contributed by atoms with Crippen molar-refractivity contribution < 1.29 is 8.83 Å². The molecule has 0 saturated heterocycles. The van der Waals surface area contributed by atoms with Crippen LogP contribution < -0.4 is 0 Å². The molecule has 0 aliphatic heterocycles. The molecule has 16 aromatic carbocycles. The number of benzene rings is 16. The number of pyridine rings is 2. The van der Waals surface area contributed by atoms with Crippen LogP contribution in [0, 0.1) is 0 Å². The number of hydrogen-bond acceptors (Lipinski definition) is 10. The van der Waals surface area contributed by atoms with Crippen molar-refractivity contribution in [1.82, 2.24) is 39.9 Å². The van der Waals surface area contributed by atoms with Gasteiger partial charge in [0.05, 0.1) is 11.0 Å². The van der Waals surface area contributed by atoms with Gasteiger partial charge in [0.1, 0.15) is 22.9 Å². The predicted molar refractivity (Wildman–Crippen MR) is 497 cm³/mol. The molecule has 0 fully saturated rings. The van der Waals surface area contributed by atoms with Crippen LogP contribution >= 0.6 is 0 Å². The van der Waals surface area contributed by atoms with Gasteiger partial charge in [-0.2, -0.15) is 0 Å². The molecule has 0 bridgehead atoms. The first-order valence-electron chi connectivity index (χ1n) is 40.8. The Kier molecular flexibility index (Phi) is 19.5. The van der Waals surface area contributed by atoms with Crippen LogP contribution in [0.5, 0.6) is 0 Å². The van der Waals surface area contributed by atoms with Crippen LogP contribution in [-0.4, -0.2) is 39.9 Å². The van der Waals surface area contributed by atoms with Crippen molar-refractivity contribution in [1.29, 1.82) is 0 Å². The van der Waals surface area contributed by atoms with Crippen molar-refractivity contribution >= 4 is 43.7 Å².